The minimum atomic E-state index is -0.944. The number of rotatable bonds is 7. The van der Waals surface area contributed by atoms with Gasteiger partial charge in [0.05, 0.1) is 13.0 Å². The number of nitrogens with zero attached hydrogens (tertiary/aromatic N) is 1. The van der Waals surface area contributed by atoms with Crippen LogP contribution in [0.25, 0.3) is 0 Å². The van der Waals surface area contributed by atoms with Crippen molar-refractivity contribution in [2.75, 3.05) is 19.7 Å². The third kappa shape index (κ3) is 9.03. The summed E-state index contributed by atoms with van der Waals surface area (Å²) in [5, 5.41) is 17.0. The van der Waals surface area contributed by atoms with E-state index < -0.39 is 11.8 Å². The van der Waals surface area contributed by atoms with Gasteiger partial charge in [-0.3, -0.25) is 14.4 Å². The molecule has 0 aromatic carbocycles. The lowest BCUT2D eigenvalue weighted by molar-refractivity contribution is -0.139. The van der Waals surface area contributed by atoms with Crippen LogP contribution in [0.2, 0.25) is 0 Å². The van der Waals surface area contributed by atoms with Crippen LogP contribution in [0, 0.1) is 5.92 Å². The fourth-order valence-electron chi connectivity index (χ4n) is 1.10. The van der Waals surface area contributed by atoms with Crippen LogP contribution in [-0.4, -0.2) is 48.2 Å². The summed E-state index contributed by atoms with van der Waals surface area (Å²) < 4.78 is 0. The van der Waals surface area contributed by atoms with Gasteiger partial charge in [-0.15, -0.1) is 0 Å². The summed E-state index contributed by atoms with van der Waals surface area (Å²) >= 11 is 0. The lowest BCUT2D eigenvalue weighted by Gasteiger charge is -2.07. The summed E-state index contributed by atoms with van der Waals surface area (Å²) in [4.78, 5) is 33.8. The lowest BCUT2D eigenvalue weighted by atomic mass is 10.2. The Morgan fingerprint density at radius 2 is 1.80 bits per heavy atom. The van der Waals surface area contributed by atoms with Crippen molar-refractivity contribution in [3.63, 3.8) is 0 Å². The molecule has 8 nitrogen and oxygen atoms in total. The molecule has 0 aliphatic carbocycles. The summed E-state index contributed by atoms with van der Waals surface area (Å²) in [6.07, 6.45) is 0.0469. The summed E-state index contributed by atoms with van der Waals surface area (Å²) in [5.74, 6) is -1.68. The predicted molar refractivity (Wildman–Crippen MR) is 73.8 cm³/mol. The second-order valence-electron chi connectivity index (χ2n) is 4.64. The molecule has 3 amide bonds. The number of hydrogen-bond acceptors (Lipinski definition) is 5. The first-order valence-electron chi connectivity index (χ1n) is 6.35. The monoisotopic (exact) mass is 286 g/mol. The molecule has 4 N–H and O–H groups in total. The van der Waals surface area contributed by atoms with Gasteiger partial charge in [-0.2, -0.15) is 5.10 Å². The maximum absolute atomic E-state index is 11.5. The van der Waals surface area contributed by atoms with Crippen molar-refractivity contribution in [1.29, 1.82) is 0 Å². The molecule has 0 saturated carbocycles. The van der Waals surface area contributed by atoms with Gasteiger partial charge >= 0.3 is 11.8 Å². The molecule has 0 heterocycles. The number of carbonyl (C=O) groups excluding carboxylic acids is 3. The van der Waals surface area contributed by atoms with Gasteiger partial charge in [-0.1, -0.05) is 13.8 Å². The topological polar surface area (TPSA) is 120 Å². The molecule has 0 aromatic heterocycles. The van der Waals surface area contributed by atoms with Gasteiger partial charge < -0.3 is 15.7 Å². The predicted octanol–water partition coefficient (Wildman–Crippen LogP) is -1.25. The highest BCUT2D eigenvalue weighted by Crippen LogP contribution is 1.90. The van der Waals surface area contributed by atoms with E-state index >= 15 is 0 Å². The number of carbonyl (C=O) groups is 3. The molecule has 0 aromatic rings. The molecule has 0 aliphatic rings. The summed E-state index contributed by atoms with van der Waals surface area (Å²) in [6, 6.07) is 0. The molecule has 20 heavy (non-hydrogen) atoms. The number of aliphatic hydroxyl groups excluding tert-OH is 1. The van der Waals surface area contributed by atoms with E-state index in [4.69, 9.17) is 5.11 Å². The fourth-order valence-corrected chi connectivity index (χ4v) is 1.10. The zero-order valence-electron chi connectivity index (χ0n) is 12.0. The van der Waals surface area contributed by atoms with Crippen molar-refractivity contribution in [3.05, 3.63) is 0 Å². The molecule has 0 rings (SSSR count). The van der Waals surface area contributed by atoms with E-state index in [1.807, 2.05) is 19.3 Å². The number of nitrogens with one attached hydrogen (secondary N) is 3. The van der Waals surface area contributed by atoms with Crippen molar-refractivity contribution in [2.45, 2.75) is 27.2 Å². The maximum atomic E-state index is 11.5. The smallest absolute Gasteiger partial charge is 0.329 e. The van der Waals surface area contributed by atoms with Crippen molar-refractivity contribution in [3.8, 4) is 0 Å². The van der Waals surface area contributed by atoms with Crippen LogP contribution in [0.3, 0.4) is 0 Å². The Bertz CT molecular complexity index is 380. The summed E-state index contributed by atoms with van der Waals surface area (Å²) in [5.41, 5.74) is 2.42. The lowest BCUT2D eigenvalue weighted by Crippen LogP contribution is -2.39. The highest BCUT2D eigenvalue weighted by Gasteiger charge is 2.12. The molecular formula is C12H22N4O4. The van der Waals surface area contributed by atoms with E-state index in [9.17, 15) is 14.4 Å². The summed E-state index contributed by atoms with van der Waals surface area (Å²) in [6.45, 7) is 5.84. The third-order valence-electron chi connectivity index (χ3n) is 2.08. The second kappa shape index (κ2) is 9.90. The van der Waals surface area contributed by atoms with E-state index in [2.05, 4.69) is 15.7 Å². The number of hydrazone groups is 1. The molecule has 0 fully saturated rings. The molecular weight excluding hydrogens is 264 g/mol. The van der Waals surface area contributed by atoms with Crippen LogP contribution < -0.4 is 16.1 Å². The maximum Gasteiger partial charge on any atom is 0.329 e. The highest BCUT2D eigenvalue weighted by molar-refractivity contribution is 6.35. The summed E-state index contributed by atoms with van der Waals surface area (Å²) in [7, 11) is 0. The standard InChI is InChI=1S/C12H22N4O4/c1-8(2)7-14-10(18)6-9(3)15-16-12(20)11(19)13-4-5-17/h8,17H,4-7H2,1-3H3,(H,13,19)(H,14,18)(H,16,20)/b15-9-. The molecule has 0 aliphatic heterocycles. The van der Waals surface area contributed by atoms with Gasteiger partial charge in [-0.05, 0) is 12.8 Å². The Morgan fingerprint density at radius 1 is 1.15 bits per heavy atom. The van der Waals surface area contributed by atoms with Crippen LogP contribution >= 0.6 is 0 Å². The Hall–Kier alpha value is -1.96. The highest BCUT2D eigenvalue weighted by atomic mass is 16.3. The van der Waals surface area contributed by atoms with Gasteiger partial charge in [0.25, 0.3) is 0 Å². The van der Waals surface area contributed by atoms with E-state index in [0.29, 0.717) is 18.2 Å². The van der Waals surface area contributed by atoms with Crippen LogP contribution in [0.1, 0.15) is 27.2 Å². The van der Waals surface area contributed by atoms with Gasteiger partial charge in [0.15, 0.2) is 0 Å². The second-order valence-corrected chi connectivity index (χ2v) is 4.64. The Morgan fingerprint density at radius 3 is 2.35 bits per heavy atom. The molecule has 0 unspecified atom stereocenters. The minimum absolute atomic E-state index is 0.00738. The quantitative estimate of drug-likeness (QED) is 0.265. The first-order valence-corrected chi connectivity index (χ1v) is 6.35. The SMILES string of the molecule is C/C(CC(=O)NCC(C)C)=N/NC(=O)C(=O)NCCO. The Kier molecular flexibility index (Phi) is 8.93. The van der Waals surface area contributed by atoms with E-state index in [1.54, 1.807) is 6.92 Å². The molecule has 0 saturated heterocycles. The molecule has 0 radical (unpaired) electrons. The van der Waals surface area contributed by atoms with Gasteiger partial charge in [0, 0.05) is 18.8 Å². The average molecular weight is 286 g/mol. The van der Waals surface area contributed by atoms with Crippen molar-refractivity contribution >= 4 is 23.4 Å². The van der Waals surface area contributed by atoms with Crippen molar-refractivity contribution < 1.29 is 19.5 Å². The average Bonchev–Trinajstić information content (AvgIpc) is 2.39. The first-order chi connectivity index (χ1) is 9.36. The Balaban J connectivity index is 4.09. The molecule has 8 heteroatoms. The van der Waals surface area contributed by atoms with Crippen LogP contribution in [0.15, 0.2) is 5.10 Å². The Labute approximate surface area is 118 Å². The van der Waals surface area contributed by atoms with E-state index in [-0.39, 0.29) is 25.5 Å². The van der Waals surface area contributed by atoms with Crippen LogP contribution in [0.4, 0.5) is 0 Å². The van der Waals surface area contributed by atoms with Crippen LogP contribution in [-0.2, 0) is 14.4 Å². The number of hydrogen-bond donors (Lipinski definition) is 4. The van der Waals surface area contributed by atoms with Crippen LogP contribution in [0.5, 0.6) is 0 Å². The molecule has 0 spiro atoms. The fraction of sp³-hybridized carbons (Fsp3) is 0.667. The third-order valence-corrected chi connectivity index (χ3v) is 2.08. The van der Waals surface area contributed by atoms with E-state index in [0.717, 1.165) is 0 Å². The zero-order chi connectivity index (χ0) is 15.5. The van der Waals surface area contributed by atoms with Gasteiger partial charge in [0.2, 0.25) is 5.91 Å². The van der Waals surface area contributed by atoms with E-state index in [1.165, 1.54) is 0 Å². The largest absolute Gasteiger partial charge is 0.395 e. The number of amides is 3. The normalized spacial score (nSPS) is 11.2. The molecule has 114 valence electrons. The number of aliphatic hydroxyl groups is 1. The minimum Gasteiger partial charge on any atom is -0.395 e. The van der Waals surface area contributed by atoms with Crippen molar-refractivity contribution in [1.82, 2.24) is 16.1 Å². The molecule has 0 atom stereocenters. The zero-order valence-corrected chi connectivity index (χ0v) is 12.0. The van der Waals surface area contributed by atoms with Gasteiger partial charge in [-0.25, -0.2) is 5.43 Å². The molecule has 0 bridgehead atoms. The first kappa shape index (κ1) is 18.0. The van der Waals surface area contributed by atoms with Gasteiger partial charge in [0.1, 0.15) is 0 Å². The van der Waals surface area contributed by atoms with Crippen molar-refractivity contribution in [2.24, 2.45) is 11.0 Å².